The van der Waals surface area contributed by atoms with Crippen molar-refractivity contribution < 1.29 is 37.0 Å². The number of urea groups is 1. The first-order valence-corrected chi connectivity index (χ1v) is 15.1. The summed E-state index contributed by atoms with van der Waals surface area (Å²) in [5.74, 6) is -0.728. The normalized spacial score (nSPS) is 17.5. The largest absolute Gasteiger partial charge is 0.497 e. The number of aliphatic hydroxyl groups excluding tert-OH is 1. The van der Waals surface area contributed by atoms with Crippen molar-refractivity contribution in [3.8, 4) is 11.5 Å². The lowest BCUT2D eigenvalue weighted by Crippen LogP contribution is -2.50. The van der Waals surface area contributed by atoms with Gasteiger partial charge in [0.15, 0.2) is 5.75 Å². The number of benzene rings is 3. The minimum atomic E-state index is -4.10. The van der Waals surface area contributed by atoms with Gasteiger partial charge in [-0.2, -0.15) is 0 Å². The van der Waals surface area contributed by atoms with E-state index < -0.39 is 39.9 Å². The molecule has 4 rings (SSSR count). The summed E-state index contributed by atoms with van der Waals surface area (Å²) in [7, 11) is -1.07. The predicted octanol–water partition coefficient (Wildman–Crippen LogP) is 4.02. The molecule has 0 radical (unpaired) electrons. The molecule has 0 aliphatic carbocycles. The molecule has 0 fully saturated rings. The number of methoxy groups -OCH3 is 1. The maximum absolute atomic E-state index is 13.7. The summed E-state index contributed by atoms with van der Waals surface area (Å²) in [5, 5.41) is 12.6. The van der Waals surface area contributed by atoms with E-state index in [-0.39, 0.29) is 47.5 Å². The molecular weight excluding hydrogens is 579 g/mol. The standard InChI is InChI=1S/C30H35FN4O7S/c1-19-16-35(20(2)18-36)29(37)25-6-5-7-26(33-43(39,40)24-14-12-23(41-4)13-15-24)28(25)42-27(19)17-34(3)30(38)32-22-10-8-21(31)9-11-22/h5-15,19-20,27,33,36H,16-18H2,1-4H3,(H,32,38)/t19-,20+,27+/m1/s1. The van der Waals surface area contributed by atoms with Crippen LogP contribution in [-0.4, -0.2) is 81.3 Å². The Labute approximate surface area is 250 Å². The van der Waals surface area contributed by atoms with E-state index in [0.717, 1.165) is 0 Å². The number of hydrogen-bond donors (Lipinski definition) is 3. The van der Waals surface area contributed by atoms with Crippen LogP contribution >= 0.6 is 0 Å². The van der Waals surface area contributed by atoms with Crippen LogP contribution in [0.4, 0.5) is 20.6 Å². The van der Waals surface area contributed by atoms with Crippen molar-refractivity contribution in [1.29, 1.82) is 0 Å². The third-order valence-corrected chi connectivity index (χ3v) is 8.58. The minimum Gasteiger partial charge on any atom is -0.497 e. The summed E-state index contributed by atoms with van der Waals surface area (Å²) >= 11 is 0. The first-order chi connectivity index (χ1) is 20.4. The number of carbonyl (C=O) groups excluding carboxylic acids is 2. The van der Waals surface area contributed by atoms with Gasteiger partial charge in [-0.1, -0.05) is 13.0 Å². The molecule has 1 aliphatic heterocycles. The van der Waals surface area contributed by atoms with Crippen LogP contribution in [0, 0.1) is 11.7 Å². The molecule has 0 spiro atoms. The van der Waals surface area contributed by atoms with Crippen molar-refractivity contribution in [2.75, 3.05) is 43.9 Å². The Morgan fingerprint density at radius 1 is 1.16 bits per heavy atom. The van der Waals surface area contributed by atoms with Crippen LogP contribution in [0.15, 0.2) is 71.6 Å². The molecule has 1 heterocycles. The second kappa shape index (κ2) is 13.3. The number of fused-ring (bicyclic) bond motifs is 1. The molecule has 3 N–H and O–H groups in total. The van der Waals surface area contributed by atoms with Gasteiger partial charge in [-0.15, -0.1) is 0 Å². The Morgan fingerprint density at radius 3 is 2.47 bits per heavy atom. The van der Waals surface area contributed by atoms with Gasteiger partial charge in [-0.3, -0.25) is 9.52 Å². The number of carbonyl (C=O) groups is 2. The molecule has 3 atom stereocenters. The molecule has 0 saturated heterocycles. The van der Waals surface area contributed by atoms with Crippen LogP contribution < -0.4 is 19.5 Å². The molecular formula is C30H35FN4O7S. The molecule has 230 valence electrons. The van der Waals surface area contributed by atoms with E-state index in [0.29, 0.717) is 11.4 Å². The quantitative estimate of drug-likeness (QED) is 0.331. The molecule has 0 aromatic heterocycles. The lowest BCUT2D eigenvalue weighted by molar-refractivity contribution is 0.0373. The smallest absolute Gasteiger partial charge is 0.321 e. The maximum Gasteiger partial charge on any atom is 0.321 e. The maximum atomic E-state index is 13.7. The Balaban J connectivity index is 1.68. The molecule has 3 amide bonds. The van der Waals surface area contributed by atoms with Crippen LogP contribution in [0.2, 0.25) is 0 Å². The SMILES string of the molecule is COc1ccc(S(=O)(=O)Nc2cccc3c2O[C@@H](CN(C)C(=O)Nc2ccc(F)cc2)[C@H](C)CN([C@@H](C)CO)C3=O)cc1. The summed E-state index contributed by atoms with van der Waals surface area (Å²) in [5.41, 5.74) is 0.542. The van der Waals surface area contributed by atoms with Crippen LogP contribution in [-0.2, 0) is 10.0 Å². The first-order valence-electron chi connectivity index (χ1n) is 13.6. The number of para-hydroxylation sites is 1. The van der Waals surface area contributed by atoms with Crippen molar-refractivity contribution in [2.24, 2.45) is 5.92 Å². The summed E-state index contributed by atoms with van der Waals surface area (Å²) in [6, 6.07) is 14.7. The average molecular weight is 615 g/mol. The zero-order chi connectivity index (χ0) is 31.3. The number of halogens is 1. The number of sulfonamides is 1. The number of hydrogen-bond acceptors (Lipinski definition) is 7. The van der Waals surface area contributed by atoms with Gasteiger partial charge in [0.1, 0.15) is 17.7 Å². The van der Waals surface area contributed by atoms with Crippen molar-refractivity contribution in [3.63, 3.8) is 0 Å². The van der Waals surface area contributed by atoms with Gasteiger partial charge in [0, 0.05) is 25.2 Å². The van der Waals surface area contributed by atoms with Crippen LogP contribution in [0.25, 0.3) is 0 Å². The van der Waals surface area contributed by atoms with Crippen molar-refractivity contribution in [3.05, 3.63) is 78.1 Å². The van der Waals surface area contributed by atoms with E-state index in [1.165, 1.54) is 83.6 Å². The summed E-state index contributed by atoms with van der Waals surface area (Å²) < 4.78 is 54.0. The van der Waals surface area contributed by atoms with Gasteiger partial charge in [-0.05, 0) is 67.6 Å². The highest BCUT2D eigenvalue weighted by Gasteiger charge is 2.35. The van der Waals surface area contributed by atoms with E-state index in [9.17, 15) is 27.5 Å². The number of amides is 3. The molecule has 3 aromatic carbocycles. The summed E-state index contributed by atoms with van der Waals surface area (Å²) in [4.78, 5) is 29.5. The minimum absolute atomic E-state index is 0.00335. The fourth-order valence-electron chi connectivity index (χ4n) is 4.61. The highest BCUT2D eigenvalue weighted by Crippen LogP contribution is 2.36. The fourth-order valence-corrected chi connectivity index (χ4v) is 5.67. The van der Waals surface area contributed by atoms with Gasteiger partial charge in [0.05, 0.1) is 42.4 Å². The third kappa shape index (κ3) is 7.35. The molecule has 0 saturated carbocycles. The van der Waals surface area contributed by atoms with E-state index in [4.69, 9.17) is 9.47 Å². The number of nitrogens with one attached hydrogen (secondary N) is 2. The van der Waals surface area contributed by atoms with E-state index in [1.807, 2.05) is 6.92 Å². The molecule has 1 aliphatic rings. The number of rotatable bonds is 9. The predicted molar refractivity (Wildman–Crippen MR) is 159 cm³/mol. The van der Waals surface area contributed by atoms with Gasteiger partial charge in [0.2, 0.25) is 0 Å². The zero-order valence-corrected chi connectivity index (χ0v) is 25.1. The van der Waals surface area contributed by atoms with E-state index in [1.54, 1.807) is 14.0 Å². The zero-order valence-electron chi connectivity index (χ0n) is 24.3. The highest BCUT2D eigenvalue weighted by molar-refractivity contribution is 7.92. The van der Waals surface area contributed by atoms with Gasteiger partial charge < -0.3 is 29.7 Å². The Morgan fingerprint density at radius 2 is 1.84 bits per heavy atom. The fraction of sp³-hybridized carbons (Fsp3) is 0.333. The van der Waals surface area contributed by atoms with Crippen LogP contribution in [0.5, 0.6) is 11.5 Å². The van der Waals surface area contributed by atoms with Gasteiger partial charge in [-0.25, -0.2) is 17.6 Å². The molecule has 13 heteroatoms. The monoisotopic (exact) mass is 614 g/mol. The second-order valence-corrected chi connectivity index (χ2v) is 12.1. The molecule has 0 bridgehead atoms. The molecule has 0 unspecified atom stereocenters. The number of ether oxygens (including phenoxy) is 2. The topological polar surface area (TPSA) is 138 Å². The van der Waals surface area contributed by atoms with E-state index in [2.05, 4.69) is 10.0 Å². The van der Waals surface area contributed by atoms with Gasteiger partial charge in [0.25, 0.3) is 15.9 Å². The number of nitrogens with zero attached hydrogens (tertiary/aromatic N) is 2. The summed E-state index contributed by atoms with van der Waals surface area (Å²) in [6.07, 6.45) is -0.698. The first kappa shape index (κ1) is 31.6. The Bertz CT molecular complexity index is 1550. The second-order valence-electron chi connectivity index (χ2n) is 10.4. The van der Waals surface area contributed by atoms with Gasteiger partial charge >= 0.3 is 6.03 Å². The van der Waals surface area contributed by atoms with Crippen molar-refractivity contribution in [2.45, 2.75) is 30.9 Å². The highest BCUT2D eigenvalue weighted by atomic mass is 32.2. The lowest BCUT2D eigenvalue weighted by atomic mass is 9.99. The Kier molecular flexibility index (Phi) is 9.77. The molecule has 43 heavy (non-hydrogen) atoms. The lowest BCUT2D eigenvalue weighted by Gasteiger charge is -2.38. The Hall–Kier alpha value is -4.36. The van der Waals surface area contributed by atoms with Crippen molar-refractivity contribution >= 4 is 33.3 Å². The third-order valence-electron chi connectivity index (χ3n) is 7.20. The van der Waals surface area contributed by atoms with Crippen LogP contribution in [0.1, 0.15) is 24.2 Å². The van der Waals surface area contributed by atoms with Crippen molar-refractivity contribution in [1.82, 2.24) is 9.80 Å². The number of likely N-dealkylation sites (N-methyl/N-ethyl adjacent to an activating group) is 1. The number of aliphatic hydroxyl groups is 1. The summed E-state index contributed by atoms with van der Waals surface area (Å²) in [6.45, 7) is 3.53. The average Bonchev–Trinajstić information content (AvgIpc) is 2.99. The molecule has 3 aromatic rings. The number of anilines is 2. The van der Waals surface area contributed by atoms with E-state index >= 15 is 0 Å². The van der Waals surface area contributed by atoms with Crippen LogP contribution in [0.3, 0.4) is 0 Å². The molecule has 11 nitrogen and oxygen atoms in total.